The van der Waals surface area contributed by atoms with E-state index in [-0.39, 0.29) is 5.41 Å². The molecule has 0 heterocycles. The van der Waals surface area contributed by atoms with Gasteiger partial charge in [-0.1, -0.05) is 45.4 Å². The average Bonchev–Trinajstić information content (AvgIpc) is 2.48. The van der Waals surface area contributed by atoms with E-state index in [4.69, 9.17) is 0 Å². The summed E-state index contributed by atoms with van der Waals surface area (Å²) < 4.78 is 0. The van der Waals surface area contributed by atoms with Crippen LogP contribution in [0.25, 0.3) is 0 Å². The quantitative estimate of drug-likeness (QED) is 0.592. The van der Waals surface area contributed by atoms with Crippen LogP contribution < -0.4 is 5.32 Å². The van der Waals surface area contributed by atoms with Crippen molar-refractivity contribution in [2.75, 3.05) is 6.54 Å². The largest absolute Gasteiger partial charge is 0.356 e. The summed E-state index contributed by atoms with van der Waals surface area (Å²) in [7, 11) is 0. The summed E-state index contributed by atoms with van der Waals surface area (Å²) in [5, 5.41) is 3.30. The van der Waals surface area contributed by atoms with Crippen LogP contribution in [0.5, 0.6) is 0 Å². The number of hydrogen-bond acceptors (Lipinski definition) is 1. The van der Waals surface area contributed by atoms with Crippen LogP contribution in [0, 0.1) is 23.2 Å². The Kier molecular flexibility index (Phi) is 5.46. The fraction of sp³-hybridized carbons (Fsp3) is 0.950. The Balaban J connectivity index is 1.34. The molecular formula is C20H35NO. The lowest BCUT2D eigenvalue weighted by Gasteiger charge is -2.55. The highest BCUT2D eigenvalue weighted by Gasteiger charge is 2.54. The van der Waals surface area contributed by atoms with E-state index in [1.54, 1.807) is 0 Å². The molecule has 4 fully saturated rings. The molecule has 0 saturated heterocycles. The first kappa shape index (κ1) is 16.3. The van der Waals surface area contributed by atoms with Crippen LogP contribution in [-0.2, 0) is 4.79 Å². The number of unbranched alkanes of at least 4 members (excludes halogenated alkanes) is 6. The molecule has 2 nitrogen and oxygen atoms in total. The molecule has 4 aliphatic rings. The minimum Gasteiger partial charge on any atom is -0.356 e. The van der Waals surface area contributed by atoms with Crippen LogP contribution >= 0.6 is 0 Å². The van der Waals surface area contributed by atoms with Crippen molar-refractivity contribution >= 4 is 5.91 Å². The molecule has 0 unspecified atom stereocenters. The second-order valence-corrected chi connectivity index (χ2v) is 8.58. The Morgan fingerprint density at radius 1 is 0.864 bits per heavy atom. The molecule has 22 heavy (non-hydrogen) atoms. The van der Waals surface area contributed by atoms with Crippen molar-refractivity contribution in [1.29, 1.82) is 0 Å². The number of amides is 1. The van der Waals surface area contributed by atoms with E-state index in [0.29, 0.717) is 5.91 Å². The van der Waals surface area contributed by atoms with E-state index in [1.807, 2.05) is 0 Å². The molecule has 4 aliphatic carbocycles. The molecule has 4 bridgehead atoms. The maximum absolute atomic E-state index is 12.8. The van der Waals surface area contributed by atoms with Crippen molar-refractivity contribution < 1.29 is 4.79 Å². The van der Waals surface area contributed by atoms with Gasteiger partial charge in [0.25, 0.3) is 0 Å². The van der Waals surface area contributed by atoms with Crippen molar-refractivity contribution in [3.63, 3.8) is 0 Å². The van der Waals surface area contributed by atoms with Gasteiger partial charge in [0.15, 0.2) is 0 Å². The van der Waals surface area contributed by atoms with Gasteiger partial charge in [-0.25, -0.2) is 0 Å². The summed E-state index contributed by atoms with van der Waals surface area (Å²) in [6.45, 7) is 3.17. The topological polar surface area (TPSA) is 29.1 Å². The van der Waals surface area contributed by atoms with Crippen molar-refractivity contribution in [2.45, 2.75) is 90.4 Å². The molecule has 126 valence electrons. The van der Waals surface area contributed by atoms with Gasteiger partial charge in [-0.05, 0) is 62.7 Å². The molecular weight excluding hydrogens is 270 g/mol. The number of hydrogen-bond donors (Lipinski definition) is 1. The maximum Gasteiger partial charge on any atom is 0.226 e. The minimum absolute atomic E-state index is 0.0515. The van der Waals surface area contributed by atoms with Gasteiger partial charge in [-0.2, -0.15) is 0 Å². The Hall–Kier alpha value is -0.530. The van der Waals surface area contributed by atoms with Crippen LogP contribution in [0.2, 0.25) is 0 Å². The van der Waals surface area contributed by atoms with E-state index in [2.05, 4.69) is 12.2 Å². The molecule has 1 N–H and O–H groups in total. The second kappa shape index (κ2) is 7.36. The molecule has 2 heteroatoms. The first-order valence-electron chi connectivity index (χ1n) is 10.00. The minimum atomic E-state index is 0.0515. The lowest BCUT2D eigenvalue weighted by Crippen LogP contribution is -2.53. The van der Waals surface area contributed by atoms with Crippen LogP contribution in [0.3, 0.4) is 0 Å². The standard InChI is InChI=1S/C20H35NO/c1-2-3-4-5-6-7-8-9-21-19(22)20-13-16-10-17(14-20)12-18(11-16)15-20/h16-18H,2-15H2,1H3,(H,21,22). The van der Waals surface area contributed by atoms with Gasteiger partial charge in [0.1, 0.15) is 0 Å². The van der Waals surface area contributed by atoms with Crippen molar-refractivity contribution in [3.8, 4) is 0 Å². The SMILES string of the molecule is CCCCCCCCCNC(=O)C12CC3CC(CC(C3)C1)C2. The highest BCUT2D eigenvalue weighted by molar-refractivity contribution is 5.83. The number of carbonyl (C=O) groups is 1. The zero-order valence-corrected chi connectivity index (χ0v) is 14.5. The zero-order chi connectivity index (χ0) is 15.4. The molecule has 0 aromatic carbocycles. The summed E-state index contributed by atoms with van der Waals surface area (Å²) in [6.07, 6.45) is 17.1. The van der Waals surface area contributed by atoms with Gasteiger partial charge in [-0.3, -0.25) is 4.79 Å². The van der Waals surface area contributed by atoms with E-state index in [9.17, 15) is 4.79 Å². The molecule has 4 rings (SSSR count). The van der Waals surface area contributed by atoms with Gasteiger partial charge in [0.05, 0.1) is 0 Å². The molecule has 0 spiro atoms. The average molecular weight is 306 g/mol. The first-order valence-corrected chi connectivity index (χ1v) is 10.00. The normalized spacial score (nSPS) is 35.8. The lowest BCUT2D eigenvalue weighted by atomic mass is 9.49. The summed E-state index contributed by atoms with van der Waals surface area (Å²) in [5.74, 6) is 3.03. The number of carbonyl (C=O) groups excluding carboxylic acids is 1. The fourth-order valence-corrected chi connectivity index (χ4v) is 5.86. The monoisotopic (exact) mass is 305 g/mol. The molecule has 1 amide bonds. The molecule has 0 aromatic rings. The highest BCUT2D eigenvalue weighted by Crippen LogP contribution is 2.60. The maximum atomic E-state index is 12.8. The van der Waals surface area contributed by atoms with Crippen LogP contribution in [-0.4, -0.2) is 12.5 Å². The smallest absolute Gasteiger partial charge is 0.226 e. The van der Waals surface area contributed by atoms with Crippen molar-refractivity contribution in [3.05, 3.63) is 0 Å². The number of rotatable bonds is 9. The van der Waals surface area contributed by atoms with Crippen molar-refractivity contribution in [2.24, 2.45) is 23.2 Å². The van der Waals surface area contributed by atoms with E-state index in [1.165, 1.54) is 83.5 Å². The lowest BCUT2D eigenvalue weighted by molar-refractivity contribution is -0.146. The summed E-state index contributed by atoms with van der Waals surface area (Å²) in [4.78, 5) is 12.8. The van der Waals surface area contributed by atoms with Gasteiger partial charge >= 0.3 is 0 Å². The summed E-state index contributed by atoms with van der Waals surface area (Å²) in [5.41, 5.74) is 0.0515. The van der Waals surface area contributed by atoms with Crippen LogP contribution in [0.1, 0.15) is 90.4 Å². The predicted molar refractivity (Wildman–Crippen MR) is 91.6 cm³/mol. The second-order valence-electron chi connectivity index (χ2n) is 8.58. The van der Waals surface area contributed by atoms with Gasteiger partial charge in [0.2, 0.25) is 5.91 Å². The Bertz CT molecular complexity index is 341. The molecule has 0 atom stereocenters. The van der Waals surface area contributed by atoms with Crippen LogP contribution in [0.4, 0.5) is 0 Å². The zero-order valence-electron chi connectivity index (χ0n) is 14.5. The van der Waals surface area contributed by atoms with E-state index < -0.39 is 0 Å². The molecule has 0 aliphatic heterocycles. The Labute approximate surface area is 136 Å². The third-order valence-electron chi connectivity index (χ3n) is 6.59. The van der Waals surface area contributed by atoms with E-state index >= 15 is 0 Å². The van der Waals surface area contributed by atoms with Gasteiger partial charge < -0.3 is 5.32 Å². The third-order valence-corrected chi connectivity index (χ3v) is 6.59. The predicted octanol–water partition coefficient (Wildman–Crippen LogP) is 5.07. The summed E-state index contributed by atoms with van der Waals surface area (Å²) >= 11 is 0. The fourth-order valence-electron chi connectivity index (χ4n) is 5.86. The molecule has 0 radical (unpaired) electrons. The van der Waals surface area contributed by atoms with Crippen LogP contribution in [0.15, 0.2) is 0 Å². The number of nitrogens with one attached hydrogen (secondary N) is 1. The van der Waals surface area contributed by atoms with Gasteiger partial charge in [0, 0.05) is 12.0 Å². The Morgan fingerprint density at radius 2 is 1.36 bits per heavy atom. The summed E-state index contributed by atoms with van der Waals surface area (Å²) in [6, 6.07) is 0. The van der Waals surface area contributed by atoms with E-state index in [0.717, 1.165) is 24.3 Å². The molecule has 0 aromatic heterocycles. The molecule has 4 saturated carbocycles. The van der Waals surface area contributed by atoms with Gasteiger partial charge in [-0.15, -0.1) is 0 Å². The highest BCUT2D eigenvalue weighted by atomic mass is 16.2. The first-order chi connectivity index (χ1) is 10.7. The Morgan fingerprint density at radius 3 is 1.91 bits per heavy atom. The third kappa shape index (κ3) is 3.68. The van der Waals surface area contributed by atoms with Crippen molar-refractivity contribution in [1.82, 2.24) is 5.32 Å².